The number of carbonyl (C=O) groups excluding carboxylic acids is 2. The van der Waals surface area contributed by atoms with Crippen LogP contribution in [0.2, 0.25) is 0 Å². The molecule has 4 heterocycles. The van der Waals surface area contributed by atoms with Crippen LogP contribution in [-0.4, -0.2) is 55.0 Å². The van der Waals surface area contributed by atoms with E-state index in [2.05, 4.69) is 32.6 Å². The number of piperidine rings is 1. The minimum Gasteiger partial charge on any atom is -0.489 e. The predicted molar refractivity (Wildman–Crippen MR) is 91.4 cm³/mol. The number of rotatable bonds is 1. The maximum atomic E-state index is 12.2. The molecular weight excluding hydrogens is 320 g/mol. The van der Waals surface area contributed by atoms with Crippen molar-refractivity contribution < 1.29 is 14.3 Å². The van der Waals surface area contributed by atoms with E-state index >= 15 is 0 Å². The number of fused-ring (bicyclic) bond motifs is 4. The monoisotopic (exact) mass is 342 g/mol. The molecule has 4 aliphatic rings. The van der Waals surface area contributed by atoms with Gasteiger partial charge in [-0.05, 0) is 29.7 Å². The Labute approximate surface area is 146 Å². The van der Waals surface area contributed by atoms with Gasteiger partial charge in [-0.25, -0.2) is 0 Å². The molecule has 2 fully saturated rings. The Bertz CT molecular complexity index is 750. The Kier molecular flexibility index (Phi) is 3.46. The third-order valence-corrected chi connectivity index (χ3v) is 5.77. The lowest BCUT2D eigenvalue weighted by atomic mass is 10.0. The van der Waals surface area contributed by atoms with Gasteiger partial charge in [0.25, 0.3) is 0 Å². The molecule has 25 heavy (non-hydrogen) atoms. The van der Waals surface area contributed by atoms with Gasteiger partial charge in [0.2, 0.25) is 11.8 Å². The van der Waals surface area contributed by atoms with Crippen molar-refractivity contribution in [2.24, 2.45) is 0 Å². The molecule has 0 spiro atoms. The van der Waals surface area contributed by atoms with E-state index in [4.69, 9.17) is 4.74 Å². The highest BCUT2D eigenvalue weighted by atomic mass is 16.5. The molecular formula is C18H22N4O3. The second kappa shape index (κ2) is 5.71. The van der Waals surface area contributed by atoms with Gasteiger partial charge in [-0.3, -0.25) is 19.8 Å². The zero-order valence-corrected chi connectivity index (χ0v) is 14.1. The summed E-state index contributed by atoms with van der Waals surface area (Å²) in [7, 11) is 0. The van der Waals surface area contributed by atoms with Gasteiger partial charge in [-0.2, -0.15) is 0 Å². The molecule has 0 aliphatic carbocycles. The fourth-order valence-electron chi connectivity index (χ4n) is 4.45. The van der Waals surface area contributed by atoms with Gasteiger partial charge in [0, 0.05) is 39.1 Å². The first kappa shape index (κ1) is 15.2. The zero-order chi connectivity index (χ0) is 17.0. The largest absolute Gasteiger partial charge is 0.489 e. The van der Waals surface area contributed by atoms with Crippen molar-refractivity contribution in [2.45, 2.75) is 38.0 Å². The minimum absolute atomic E-state index is 0.160. The third-order valence-electron chi connectivity index (χ3n) is 5.77. The number of hydrogen-bond acceptors (Lipinski definition) is 6. The van der Waals surface area contributed by atoms with Gasteiger partial charge in [0.15, 0.2) is 0 Å². The number of piperazine rings is 1. The minimum atomic E-state index is -0.213. The van der Waals surface area contributed by atoms with Gasteiger partial charge < -0.3 is 15.0 Å². The number of carbonyl (C=O) groups is 2. The van der Waals surface area contributed by atoms with Crippen molar-refractivity contribution >= 4 is 17.5 Å². The van der Waals surface area contributed by atoms with Crippen molar-refractivity contribution in [3.05, 3.63) is 23.3 Å². The normalized spacial score (nSPS) is 28.7. The number of benzene rings is 1. The summed E-state index contributed by atoms with van der Waals surface area (Å²) in [6, 6.07) is 4.57. The first-order valence-corrected chi connectivity index (χ1v) is 9.03. The van der Waals surface area contributed by atoms with Crippen LogP contribution in [-0.2, 0) is 22.7 Å². The van der Waals surface area contributed by atoms with E-state index in [0.717, 1.165) is 45.1 Å². The highest BCUT2D eigenvalue weighted by molar-refractivity contribution is 6.00. The number of anilines is 1. The van der Waals surface area contributed by atoms with Gasteiger partial charge in [-0.15, -0.1) is 0 Å². The van der Waals surface area contributed by atoms with Crippen LogP contribution in [0.3, 0.4) is 0 Å². The van der Waals surface area contributed by atoms with Crippen LogP contribution in [0.4, 0.5) is 5.69 Å². The molecule has 0 saturated carbocycles. The van der Waals surface area contributed by atoms with Crippen LogP contribution in [0.5, 0.6) is 5.75 Å². The van der Waals surface area contributed by atoms with Crippen LogP contribution in [0.1, 0.15) is 24.0 Å². The average Bonchev–Trinajstić information content (AvgIpc) is 3.02. The molecule has 132 valence electrons. The fraction of sp³-hybridized carbons (Fsp3) is 0.556. The standard InChI is InChI=1S/C18H22N4O3/c23-17-2-1-14(18(24)20-17)21-8-11-5-15-16(6-12(11)9-21)25-10-13-7-19-3-4-22(13)15/h5-6,13-14,19H,1-4,7-10H2,(H,20,23,24)/t13?,14-/m0/s1. The molecule has 2 amide bonds. The molecule has 5 rings (SSSR count). The topological polar surface area (TPSA) is 73.9 Å². The summed E-state index contributed by atoms with van der Waals surface area (Å²) in [4.78, 5) is 28.2. The lowest BCUT2D eigenvalue weighted by Gasteiger charge is -2.42. The molecule has 7 heteroatoms. The Morgan fingerprint density at radius 1 is 1.16 bits per heavy atom. The van der Waals surface area contributed by atoms with E-state index in [0.29, 0.717) is 18.9 Å². The number of amides is 2. The molecule has 2 N–H and O–H groups in total. The summed E-state index contributed by atoms with van der Waals surface area (Å²) in [6.07, 6.45) is 1.03. The van der Waals surface area contributed by atoms with Crippen LogP contribution >= 0.6 is 0 Å². The van der Waals surface area contributed by atoms with E-state index in [1.807, 2.05) is 0 Å². The third kappa shape index (κ3) is 2.49. The van der Waals surface area contributed by atoms with Crippen molar-refractivity contribution in [1.82, 2.24) is 15.5 Å². The lowest BCUT2D eigenvalue weighted by Crippen LogP contribution is -2.55. The van der Waals surface area contributed by atoms with Crippen LogP contribution in [0.15, 0.2) is 12.1 Å². The first-order valence-electron chi connectivity index (χ1n) is 9.03. The molecule has 0 bridgehead atoms. The Morgan fingerprint density at radius 3 is 2.84 bits per heavy atom. The Balaban J connectivity index is 1.40. The van der Waals surface area contributed by atoms with Gasteiger partial charge >= 0.3 is 0 Å². The molecule has 7 nitrogen and oxygen atoms in total. The zero-order valence-electron chi connectivity index (χ0n) is 14.1. The molecule has 1 aromatic carbocycles. The first-order chi connectivity index (χ1) is 12.2. The second-order valence-corrected chi connectivity index (χ2v) is 7.32. The smallest absolute Gasteiger partial charge is 0.243 e. The van der Waals surface area contributed by atoms with E-state index in [1.165, 1.54) is 16.8 Å². The highest BCUT2D eigenvalue weighted by Gasteiger charge is 2.37. The number of nitrogens with zero attached hydrogens (tertiary/aromatic N) is 2. The summed E-state index contributed by atoms with van der Waals surface area (Å²) < 4.78 is 6.01. The SMILES string of the molecule is O=C1CC[C@H](N2Cc3cc4c(cc3C2)N2CCNCC2CO4)C(=O)N1. The van der Waals surface area contributed by atoms with E-state index in [1.54, 1.807) is 0 Å². The van der Waals surface area contributed by atoms with Crippen molar-refractivity contribution in [2.75, 3.05) is 31.1 Å². The fourth-order valence-corrected chi connectivity index (χ4v) is 4.45. The van der Waals surface area contributed by atoms with E-state index in [9.17, 15) is 9.59 Å². The number of nitrogens with one attached hydrogen (secondary N) is 2. The number of imide groups is 1. The molecule has 1 aromatic rings. The average molecular weight is 342 g/mol. The van der Waals surface area contributed by atoms with Gasteiger partial charge in [0.05, 0.1) is 17.8 Å². The second-order valence-electron chi connectivity index (χ2n) is 7.32. The number of hydrogen-bond donors (Lipinski definition) is 2. The van der Waals surface area contributed by atoms with Gasteiger partial charge in [-0.1, -0.05) is 0 Å². The Morgan fingerprint density at radius 2 is 2.00 bits per heavy atom. The molecule has 0 aromatic heterocycles. The Hall–Kier alpha value is -2.12. The maximum absolute atomic E-state index is 12.2. The van der Waals surface area contributed by atoms with Crippen LogP contribution in [0.25, 0.3) is 0 Å². The summed E-state index contributed by atoms with van der Waals surface area (Å²) in [5.41, 5.74) is 3.69. The summed E-state index contributed by atoms with van der Waals surface area (Å²) in [5.74, 6) is 0.640. The molecule has 2 saturated heterocycles. The van der Waals surface area contributed by atoms with E-state index < -0.39 is 0 Å². The van der Waals surface area contributed by atoms with E-state index in [-0.39, 0.29) is 17.9 Å². The lowest BCUT2D eigenvalue weighted by molar-refractivity contribution is -0.137. The summed E-state index contributed by atoms with van der Waals surface area (Å²) in [6.45, 7) is 5.16. The predicted octanol–water partition coefficient (Wildman–Crippen LogP) is -0.0220. The molecule has 4 aliphatic heterocycles. The van der Waals surface area contributed by atoms with Crippen molar-refractivity contribution in [3.63, 3.8) is 0 Å². The number of ether oxygens (including phenoxy) is 1. The molecule has 2 atom stereocenters. The van der Waals surface area contributed by atoms with Crippen molar-refractivity contribution in [1.29, 1.82) is 0 Å². The summed E-state index contributed by atoms with van der Waals surface area (Å²) >= 11 is 0. The van der Waals surface area contributed by atoms with Gasteiger partial charge in [0.1, 0.15) is 12.4 Å². The maximum Gasteiger partial charge on any atom is 0.243 e. The highest BCUT2D eigenvalue weighted by Crippen LogP contribution is 2.40. The summed E-state index contributed by atoms with van der Waals surface area (Å²) in [5, 5.41) is 5.89. The van der Waals surface area contributed by atoms with Crippen LogP contribution in [0, 0.1) is 0 Å². The molecule has 1 unspecified atom stereocenters. The quantitative estimate of drug-likeness (QED) is 0.699. The van der Waals surface area contributed by atoms with Crippen molar-refractivity contribution in [3.8, 4) is 5.75 Å². The molecule has 0 radical (unpaired) electrons. The van der Waals surface area contributed by atoms with Crippen LogP contribution < -0.4 is 20.3 Å².